The number of carbonyl (C=O) groups excluding carboxylic acids is 1. The molecule has 28 heavy (non-hydrogen) atoms. The van der Waals surface area contributed by atoms with E-state index in [0.29, 0.717) is 0 Å². The molecule has 0 saturated carbocycles. The Morgan fingerprint density at radius 1 is 0.893 bits per heavy atom. The largest absolute Gasteiger partial charge is 0.460 e. The van der Waals surface area contributed by atoms with Gasteiger partial charge in [-0.05, 0) is 20.3 Å². The number of ketones is 1. The molecule has 0 fully saturated rings. The Labute approximate surface area is 157 Å². The van der Waals surface area contributed by atoms with Gasteiger partial charge in [-0.3, -0.25) is 4.79 Å². The van der Waals surface area contributed by atoms with E-state index in [1.165, 1.54) is 19.3 Å². The molecule has 0 aliphatic rings. The normalized spacial score (nSPS) is 13.0. The van der Waals surface area contributed by atoms with E-state index in [-0.39, 0.29) is 5.54 Å². The van der Waals surface area contributed by atoms with Gasteiger partial charge in [0.2, 0.25) is 0 Å². The zero-order valence-electron chi connectivity index (χ0n) is 15.9. The highest BCUT2D eigenvalue weighted by Crippen LogP contribution is 2.48. The molecule has 0 rings (SSSR count). The summed E-state index contributed by atoms with van der Waals surface area (Å²) in [5, 5.41) is 0. The third-order valence-electron chi connectivity index (χ3n) is 2.67. The Morgan fingerprint density at radius 3 is 1.36 bits per heavy atom. The number of hydrogen-bond acceptors (Lipinski definition) is 2. The van der Waals surface area contributed by atoms with Crippen LogP contribution in [0.25, 0.3) is 0 Å². The van der Waals surface area contributed by atoms with Crippen molar-refractivity contribution >= 4 is 5.78 Å². The van der Waals surface area contributed by atoms with Gasteiger partial charge in [-0.1, -0.05) is 39.2 Å². The molecule has 0 saturated heterocycles. The molecule has 0 bridgehead atoms. The van der Waals surface area contributed by atoms with Gasteiger partial charge >= 0.3 is 30.0 Å². The third kappa shape index (κ3) is 11.5. The quantitative estimate of drug-likeness (QED) is 0.384. The third-order valence-corrected chi connectivity index (χ3v) is 2.67. The van der Waals surface area contributed by atoms with Crippen LogP contribution in [0.2, 0.25) is 0 Å². The standard InChI is InChI=1S/C6H13N.C5F10O.C5H12/c1-4-5-6(2,3)7;6-2(7,1(16)3(8,9)10)4(11,12)5(13,14)15;1-3-5-4-2/h4H,1,5,7H2,2-3H3;;3-5H2,1-2H3. The maximum absolute atomic E-state index is 12.0. The molecule has 0 aliphatic heterocycles. The number of nitrogens with two attached hydrogens (primary N) is 1. The topological polar surface area (TPSA) is 43.1 Å². The highest BCUT2D eigenvalue weighted by molar-refractivity contribution is 5.91. The summed E-state index contributed by atoms with van der Waals surface area (Å²) in [5.41, 5.74) is 5.51. The fraction of sp³-hybridized carbons (Fsp3) is 0.812. The second-order valence-corrected chi connectivity index (χ2v) is 6.31. The lowest BCUT2D eigenvalue weighted by Gasteiger charge is -2.27. The van der Waals surface area contributed by atoms with Crippen molar-refractivity contribution < 1.29 is 48.7 Å². The Morgan fingerprint density at radius 2 is 1.25 bits per heavy atom. The second-order valence-electron chi connectivity index (χ2n) is 6.31. The molecular formula is C16H25F10NO. The fourth-order valence-corrected chi connectivity index (χ4v) is 1.22. The number of halogens is 10. The van der Waals surface area contributed by atoms with E-state index in [2.05, 4.69) is 20.4 Å². The molecule has 170 valence electrons. The Kier molecular flexibility index (Phi) is 13.0. The van der Waals surface area contributed by atoms with E-state index in [1.54, 1.807) is 0 Å². The first-order chi connectivity index (χ1) is 12.1. The molecular weight excluding hydrogens is 412 g/mol. The lowest BCUT2D eigenvalue weighted by atomic mass is 10.0. The maximum atomic E-state index is 12.0. The van der Waals surface area contributed by atoms with Gasteiger partial charge < -0.3 is 5.73 Å². The zero-order chi connectivity index (χ0) is 23.6. The van der Waals surface area contributed by atoms with Crippen LogP contribution in [0.1, 0.15) is 53.4 Å². The molecule has 2 nitrogen and oxygen atoms in total. The van der Waals surface area contributed by atoms with Crippen LogP contribution in [0.3, 0.4) is 0 Å². The fourth-order valence-electron chi connectivity index (χ4n) is 1.22. The predicted molar refractivity (Wildman–Crippen MR) is 85.3 cm³/mol. The lowest BCUT2D eigenvalue weighted by Crippen LogP contribution is -2.59. The Balaban J connectivity index is -0.000000427. The van der Waals surface area contributed by atoms with Crippen LogP contribution in [0.15, 0.2) is 12.7 Å². The van der Waals surface area contributed by atoms with Crippen molar-refractivity contribution in [3.63, 3.8) is 0 Å². The van der Waals surface area contributed by atoms with Crippen LogP contribution < -0.4 is 5.73 Å². The van der Waals surface area contributed by atoms with Crippen LogP contribution in [0, 0.1) is 0 Å². The summed E-state index contributed by atoms with van der Waals surface area (Å²) >= 11 is 0. The van der Waals surface area contributed by atoms with Crippen molar-refractivity contribution in [1.82, 2.24) is 0 Å². The minimum atomic E-state index is -7.09. The minimum Gasteiger partial charge on any atom is -0.325 e. The Hall–Kier alpha value is -1.33. The van der Waals surface area contributed by atoms with E-state index in [4.69, 9.17) is 5.73 Å². The molecule has 2 N–H and O–H groups in total. The first-order valence-corrected chi connectivity index (χ1v) is 7.97. The molecule has 0 aromatic heterocycles. The molecule has 0 amide bonds. The predicted octanol–water partition coefficient (Wildman–Crippen LogP) is 6.45. The number of alkyl halides is 10. The molecule has 0 atom stereocenters. The monoisotopic (exact) mass is 437 g/mol. The van der Waals surface area contributed by atoms with E-state index in [0.717, 1.165) is 6.42 Å². The van der Waals surface area contributed by atoms with Gasteiger partial charge in [0, 0.05) is 5.54 Å². The van der Waals surface area contributed by atoms with Crippen molar-refractivity contribution in [1.29, 1.82) is 0 Å². The average molecular weight is 437 g/mol. The number of hydrogen-bond donors (Lipinski definition) is 1. The number of Topliss-reactive ketones (excluding diaryl/α,β-unsaturated/α-hetero) is 1. The maximum Gasteiger partial charge on any atom is 0.460 e. The molecule has 0 aromatic rings. The number of unbranched alkanes of at least 4 members (excludes halogenated alkanes) is 2. The number of carbonyl (C=O) groups is 1. The van der Waals surface area contributed by atoms with Gasteiger partial charge in [0.1, 0.15) is 0 Å². The van der Waals surface area contributed by atoms with Gasteiger partial charge in [0.15, 0.2) is 0 Å². The first kappa shape index (κ1) is 31.4. The van der Waals surface area contributed by atoms with Crippen LogP contribution in [0.4, 0.5) is 43.9 Å². The van der Waals surface area contributed by atoms with Gasteiger partial charge in [-0.15, -0.1) is 6.58 Å². The molecule has 0 aromatic carbocycles. The highest BCUT2D eigenvalue weighted by Gasteiger charge is 2.79. The van der Waals surface area contributed by atoms with Crippen LogP contribution >= 0.6 is 0 Å². The number of rotatable bonds is 6. The van der Waals surface area contributed by atoms with E-state index >= 15 is 0 Å². The molecule has 0 spiro atoms. The van der Waals surface area contributed by atoms with Crippen molar-refractivity contribution in [2.75, 3.05) is 0 Å². The summed E-state index contributed by atoms with van der Waals surface area (Å²) in [6.07, 6.45) is -6.68. The average Bonchev–Trinajstić information content (AvgIpc) is 2.45. The summed E-state index contributed by atoms with van der Waals surface area (Å²) < 4.78 is 116. The molecule has 0 radical (unpaired) electrons. The van der Waals surface area contributed by atoms with Gasteiger partial charge in [0.05, 0.1) is 0 Å². The smallest absolute Gasteiger partial charge is 0.325 e. The van der Waals surface area contributed by atoms with E-state index in [1.807, 2.05) is 19.9 Å². The van der Waals surface area contributed by atoms with Crippen molar-refractivity contribution in [2.24, 2.45) is 5.73 Å². The zero-order valence-corrected chi connectivity index (χ0v) is 15.9. The molecule has 0 aliphatic carbocycles. The van der Waals surface area contributed by atoms with Crippen molar-refractivity contribution in [2.45, 2.75) is 83.1 Å². The van der Waals surface area contributed by atoms with Crippen LogP contribution in [-0.2, 0) is 4.79 Å². The summed E-state index contributed by atoms with van der Waals surface area (Å²) in [5.74, 6) is -18.4. The van der Waals surface area contributed by atoms with E-state index < -0.39 is 30.0 Å². The van der Waals surface area contributed by atoms with Crippen molar-refractivity contribution in [3.8, 4) is 0 Å². The molecule has 12 heteroatoms. The summed E-state index contributed by atoms with van der Waals surface area (Å²) in [7, 11) is 0. The minimum absolute atomic E-state index is 0.0677. The van der Waals surface area contributed by atoms with Gasteiger partial charge in [-0.25, -0.2) is 0 Å². The van der Waals surface area contributed by atoms with Gasteiger partial charge in [0.25, 0.3) is 0 Å². The lowest BCUT2D eigenvalue weighted by molar-refractivity contribution is -0.348. The summed E-state index contributed by atoms with van der Waals surface area (Å²) in [6, 6.07) is 0. The molecule has 0 heterocycles. The van der Waals surface area contributed by atoms with Crippen molar-refractivity contribution in [3.05, 3.63) is 12.7 Å². The van der Waals surface area contributed by atoms with Gasteiger partial charge in [-0.2, -0.15) is 43.9 Å². The van der Waals surface area contributed by atoms with Crippen LogP contribution in [0.5, 0.6) is 0 Å². The summed E-state index contributed by atoms with van der Waals surface area (Å²) in [4.78, 5) is 9.72. The van der Waals surface area contributed by atoms with Crippen LogP contribution in [-0.4, -0.2) is 35.5 Å². The SMILES string of the molecule is C=CCC(C)(C)N.CCCCC.O=C(C(F)(F)F)C(F)(F)C(F)(F)C(F)(F)F. The molecule has 0 unspecified atom stereocenters. The highest BCUT2D eigenvalue weighted by atomic mass is 19.4. The summed E-state index contributed by atoms with van der Waals surface area (Å²) in [6.45, 7) is 12.0. The second kappa shape index (κ2) is 11.6. The van der Waals surface area contributed by atoms with E-state index in [9.17, 15) is 48.7 Å². The Bertz CT molecular complexity index is 460. The first-order valence-electron chi connectivity index (χ1n) is 7.97.